The van der Waals surface area contributed by atoms with E-state index >= 15 is 0 Å². The molecule has 0 unspecified atom stereocenters. The average molecular weight is 297 g/mol. The normalized spacial score (nSPS) is 11.7. The van der Waals surface area contributed by atoms with E-state index in [9.17, 15) is 18.0 Å². The van der Waals surface area contributed by atoms with Gasteiger partial charge in [-0.3, -0.25) is 4.79 Å². The second kappa shape index (κ2) is 5.67. The molecule has 2 rings (SSSR count). The first-order valence-electron chi connectivity index (χ1n) is 6.52. The van der Waals surface area contributed by atoms with Crippen LogP contribution in [-0.4, -0.2) is 14.8 Å². The lowest BCUT2D eigenvalue weighted by atomic mass is 10.0. The van der Waals surface area contributed by atoms with Gasteiger partial charge in [-0.2, -0.15) is 23.4 Å². The van der Waals surface area contributed by atoms with Crippen molar-refractivity contribution < 1.29 is 13.2 Å². The molecule has 21 heavy (non-hydrogen) atoms. The van der Waals surface area contributed by atoms with Crippen LogP contribution >= 0.6 is 0 Å². The van der Waals surface area contributed by atoms with E-state index in [0.29, 0.717) is 23.4 Å². The number of rotatable bonds is 3. The van der Waals surface area contributed by atoms with Gasteiger partial charge in [0.2, 0.25) is 0 Å². The lowest BCUT2D eigenvalue weighted by Crippen LogP contribution is -2.31. The molecule has 0 aromatic carbocycles. The first kappa shape index (κ1) is 15.2. The van der Waals surface area contributed by atoms with Crippen molar-refractivity contribution in [1.82, 2.24) is 14.8 Å². The molecule has 2 aromatic heterocycles. The molecule has 7 heteroatoms. The van der Waals surface area contributed by atoms with Gasteiger partial charge < -0.3 is 4.57 Å². The molecule has 0 spiro atoms. The first-order valence-corrected chi connectivity index (χ1v) is 6.52. The Morgan fingerprint density at radius 3 is 2.48 bits per heavy atom. The quantitative estimate of drug-likeness (QED) is 0.875. The Morgan fingerprint density at radius 1 is 1.29 bits per heavy atom. The summed E-state index contributed by atoms with van der Waals surface area (Å²) in [6.07, 6.45) is -2.83. The van der Waals surface area contributed by atoms with Crippen LogP contribution in [0.5, 0.6) is 0 Å². The third-order valence-corrected chi connectivity index (χ3v) is 3.21. The molecule has 0 bridgehead atoms. The van der Waals surface area contributed by atoms with Crippen molar-refractivity contribution >= 4 is 0 Å². The van der Waals surface area contributed by atoms with Gasteiger partial charge in [-0.25, -0.2) is 0 Å². The lowest BCUT2D eigenvalue weighted by Gasteiger charge is -2.17. The summed E-state index contributed by atoms with van der Waals surface area (Å²) in [7, 11) is 0. The fraction of sp³-hybridized carbons (Fsp3) is 0.357. The second-order valence-corrected chi connectivity index (χ2v) is 4.43. The summed E-state index contributed by atoms with van der Waals surface area (Å²) in [4.78, 5) is 12.0. The highest BCUT2D eigenvalue weighted by Crippen LogP contribution is 2.31. The number of alkyl halides is 3. The van der Waals surface area contributed by atoms with Crippen LogP contribution < -0.4 is 5.56 Å². The van der Waals surface area contributed by atoms with E-state index in [2.05, 4.69) is 10.2 Å². The first-order chi connectivity index (χ1) is 9.90. The Bertz CT molecular complexity index is 693. The highest BCUT2D eigenvalue weighted by atomic mass is 19.4. The second-order valence-electron chi connectivity index (χ2n) is 4.43. The Morgan fingerprint density at radius 2 is 2.00 bits per heavy atom. The molecular weight excluding hydrogens is 283 g/mol. The van der Waals surface area contributed by atoms with E-state index in [4.69, 9.17) is 0 Å². The fourth-order valence-electron chi connectivity index (χ4n) is 2.29. The maximum Gasteiger partial charge on any atom is 0.421 e. The minimum Gasteiger partial charge on any atom is -0.312 e. The zero-order valence-electron chi connectivity index (χ0n) is 11.6. The largest absolute Gasteiger partial charge is 0.421 e. The van der Waals surface area contributed by atoms with Crippen molar-refractivity contribution in [3.63, 3.8) is 0 Å². The molecule has 112 valence electrons. The van der Waals surface area contributed by atoms with Crippen LogP contribution in [0.15, 0.2) is 29.2 Å². The molecule has 0 atom stereocenters. The summed E-state index contributed by atoms with van der Waals surface area (Å²) in [6, 6.07) is 4.04. The van der Waals surface area contributed by atoms with Crippen molar-refractivity contribution in [2.24, 2.45) is 0 Å². The number of nitrogens with zero attached hydrogens (tertiary/aromatic N) is 3. The van der Waals surface area contributed by atoms with Gasteiger partial charge in [0.1, 0.15) is 5.56 Å². The zero-order chi connectivity index (χ0) is 15.6. The predicted octanol–water partition coefficient (Wildman–Crippen LogP) is 2.91. The molecule has 0 aliphatic rings. The van der Waals surface area contributed by atoms with Crippen LogP contribution in [0.1, 0.15) is 25.1 Å². The Hall–Kier alpha value is -2.18. The zero-order valence-corrected chi connectivity index (χ0v) is 11.6. The number of hydrogen-bond donors (Lipinski definition) is 0. The van der Waals surface area contributed by atoms with Crippen LogP contribution in [0.3, 0.4) is 0 Å². The highest BCUT2D eigenvalue weighted by molar-refractivity contribution is 5.62. The minimum absolute atomic E-state index is 0.166. The van der Waals surface area contributed by atoms with Gasteiger partial charge in [-0.1, -0.05) is 6.92 Å². The van der Waals surface area contributed by atoms with Crippen molar-refractivity contribution in [1.29, 1.82) is 0 Å². The van der Waals surface area contributed by atoms with Crippen LogP contribution in [0.25, 0.3) is 11.3 Å². The van der Waals surface area contributed by atoms with Gasteiger partial charge in [0.15, 0.2) is 0 Å². The van der Waals surface area contributed by atoms with Crippen molar-refractivity contribution in [2.75, 3.05) is 0 Å². The molecule has 0 N–H and O–H groups in total. The van der Waals surface area contributed by atoms with Crippen LogP contribution in [0, 0.1) is 0 Å². The van der Waals surface area contributed by atoms with Crippen LogP contribution in [-0.2, 0) is 19.1 Å². The molecule has 0 saturated heterocycles. The summed E-state index contributed by atoms with van der Waals surface area (Å²) < 4.78 is 40.3. The molecule has 2 heterocycles. The van der Waals surface area contributed by atoms with E-state index < -0.39 is 17.3 Å². The number of aromatic nitrogens is 3. The standard InChI is InChI=1S/C14H14F3N3O/c1-3-12-9(11-6-5-7-18-19-11)8-10(14(15,16)17)13(21)20(12)4-2/h5-8H,3-4H2,1-2H3. The molecular formula is C14H14F3N3O. The van der Waals surface area contributed by atoms with Gasteiger partial charge in [-0.15, -0.1) is 0 Å². The van der Waals surface area contributed by atoms with Gasteiger partial charge in [0, 0.05) is 24.0 Å². The minimum atomic E-state index is -4.70. The molecule has 0 radical (unpaired) electrons. The number of halogens is 3. The third-order valence-electron chi connectivity index (χ3n) is 3.21. The molecule has 0 aliphatic carbocycles. The molecule has 0 aliphatic heterocycles. The Balaban J connectivity index is 2.84. The molecule has 2 aromatic rings. The average Bonchev–Trinajstić information content (AvgIpc) is 2.46. The summed E-state index contributed by atoms with van der Waals surface area (Å²) >= 11 is 0. The summed E-state index contributed by atoms with van der Waals surface area (Å²) in [5.74, 6) is 0. The number of hydrogen-bond acceptors (Lipinski definition) is 3. The predicted molar refractivity (Wildman–Crippen MR) is 71.8 cm³/mol. The Labute approximate surface area is 119 Å². The maximum atomic E-state index is 13.0. The molecule has 0 amide bonds. The SMILES string of the molecule is CCc1c(-c2cccnn2)cc(C(F)(F)F)c(=O)n1CC. The van der Waals surface area contributed by atoms with E-state index in [0.717, 1.165) is 10.6 Å². The Kier molecular flexibility index (Phi) is 4.11. The van der Waals surface area contributed by atoms with Gasteiger partial charge in [-0.05, 0) is 31.5 Å². The third kappa shape index (κ3) is 2.81. The molecule has 0 saturated carbocycles. The topological polar surface area (TPSA) is 47.8 Å². The van der Waals surface area contributed by atoms with Gasteiger partial charge >= 0.3 is 6.18 Å². The maximum absolute atomic E-state index is 13.0. The van der Waals surface area contributed by atoms with Crippen molar-refractivity contribution in [3.8, 4) is 11.3 Å². The van der Waals surface area contributed by atoms with E-state index in [-0.39, 0.29) is 6.54 Å². The van der Waals surface area contributed by atoms with E-state index in [1.54, 1.807) is 26.0 Å². The summed E-state index contributed by atoms with van der Waals surface area (Å²) in [5, 5.41) is 7.54. The van der Waals surface area contributed by atoms with Gasteiger partial charge in [0.25, 0.3) is 5.56 Å². The van der Waals surface area contributed by atoms with E-state index in [1.165, 1.54) is 6.20 Å². The van der Waals surface area contributed by atoms with Crippen LogP contribution in [0.4, 0.5) is 13.2 Å². The van der Waals surface area contributed by atoms with Gasteiger partial charge in [0.05, 0.1) is 5.69 Å². The monoisotopic (exact) mass is 297 g/mol. The molecule has 4 nitrogen and oxygen atoms in total. The van der Waals surface area contributed by atoms with E-state index in [1.807, 2.05) is 0 Å². The summed E-state index contributed by atoms with van der Waals surface area (Å²) in [5.41, 5.74) is -1.06. The van der Waals surface area contributed by atoms with Crippen molar-refractivity contribution in [3.05, 3.63) is 46.0 Å². The fourth-order valence-corrected chi connectivity index (χ4v) is 2.29. The lowest BCUT2D eigenvalue weighted by molar-refractivity contribution is -0.138. The smallest absolute Gasteiger partial charge is 0.312 e. The summed E-state index contributed by atoms with van der Waals surface area (Å²) in [6.45, 7) is 3.59. The van der Waals surface area contributed by atoms with Crippen molar-refractivity contribution in [2.45, 2.75) is 33.0 Å². The number of pyridine rings is 1. The van der Waals surface area contributed by atoms with Crippen LogP contribution in [0.2, 0.25) is 0 Å². The molecule has 0 fully saturated rings. The highest BCUT2D eigenvalue weighted by Gasteiger charge is 2.36.